The predicted molar refractivity (Wildman–Crippen MR) is 86.9 cm³/mol. The monoisotopic (exact) mass is 301 g/mol. The van der Waals surface area contributed by atoms with Gasteiger partial charge in [-0.25, -0.2) is 0 Å². The molecular formula is C17H23N3O2. The molecule has 1 aromatic rings. The van der Waals surface area contributed by atoms with Crippen molar-refractivity contribution in [1.29, 1.82) is 0 Å². The maximum atomic E-state index is 12.9. The number of amides is 2. The Morgan fingerprint density at radius 1 is 1.14 bits per heavy atom. The molecule has 118 valence electrons. The average molecular weight is 301 g/mol. The highest BCUT2D eigenvalue weighted by Gasteiger charge is 2.32. The molecule has 1 saturated heterocycles. The molecule has 0 spiro atoms. The Kier molecular flexibility index (Phi) is 4.43. The van der Waals surface area contributed by atoms with Crippen molar-refractivity contribution in [2.75, 3.05) is 29.9 Å². The van der Waals surface area contributed by atoms with E-state index in [-0.39, 0.29) is 24.4 Å². The van der Waals surface area contributed by atoms with E-state index in [0.717, 1.165) is 37.3 Å². The molecule has 1 atom stereocenters. The number of hydrogen-bond donors (Lipinski definition) is 1. The van der Waals surface area contributed by atoms with Crippen LogP contribution in [-0.2, 0) is 9.59 Å². The first-order valence-corrected chi connectivity index (χ1v) is 8.11. The molecule has 0 aliphatic carbocycles. The minimum absolute atomic E-state index is 0.0178. The second-order valence-electron chi connectivity index (χ2n) is 6.12. The van der Waals surface area contributed by atoms with Crippen molar-refractivity contribution >= 4 is 23.2 Å². The lowest BCUT2D eigenvalue weighted by atomic mass is 10.1. The zero-order valence-electron chi connectivity index (χ0n) is 13.0. The van der Waals surface area contributed by atoms with Gasteiger partial charge in [0.2, 0.25) is 11.8 Å². The third-order valence-electron chi connectivity index (χ3n) is 4.58. The van der Waals surface area contributed by atoms with Crippen LogP contribution in [0.25, 0.3) is 0 Å². The van der Waals surface area contributed by atoms with Crippen LogP contribution in [0.5, 0.6) is 0 Å². The third kappa shape index (κ3) is 2.99. The molecule has 1 N–H and O–H groups in total. The maximum Gasteiger partial charge on any atom is 0.244 e. The summed E-state index contributed by atoms with van der Waals surface area (Å²) in [5, 5.41) is 2.83. The molecule has 2 heterocycles. The van der Waals surface area contributed by atoms with Crippen molar-refractivity contribution in [3.63, 3.8) is 0 Å². The molecule has 1 fully saturated rings. The smallest absolute Gasteiger partial charge is 0.244 e. The number of carbonyl (C=O) groups is 2. The van der Waals surface area contributed by atoms with Crippen LogP contribution in [0, 0.1) is 0 Å². The Morgan fingerprint density at radius 3 is 2.55 bits per heavy atom. The fourth-order valence-electron chi connectivity index (χ4n) is 3.29. The Balaban J connectivity index is 1.80. The molecule has 0 radical (unpaired) electrons. The lowest BCUT2D eigenvalue weighted by molar-refractivity contribution is -0.125. The molecule has 5 nitrogen and oxygen atoms in total. The molecule has 2 amide bonds. The minimum atomic E-state index is -0.183. The zero-order chi connectivity index (χ0) is 15.5. The quantitative estimate of drug-likeness (QED) is 0.911. The highest BCUT2D eigenvalue weighted by Crippen LogP contribution is 2.30. The normalized spacial score (nSPS) is 20.8. The number of rotatable bonds is 2. The number of nitrogens with one attached hydrogen (secondary N) is 1. The molecule has 2 aliphatic heterocycles. The molecule has 3 rings (SSSR count). The highest BCUT2D eigenvalue weighted by molar-refractivity contribution is 6.11. The van der Waals surface area contributed by atoms with Crippen molar-refractivity contribution in [3.8, 4) is 0 Å². The second-order valence-corrected chi connectivity index (χ2v) is 6.12. The first-order valence-electron chi connectivity index (χ1n) is 8.11. The molecule has 1 aromatic carbocycles. The van der Waals surface area contributed by atoms with Crippen molar-refractivity contribution in [2.24, 2.45) is 0 Å². The van der Waals surface area contributed by atoms with Crippen LogP contribution in [0.15, 0.2) is 24.3 Å². The van der Waals surface area contributed by atoms with Crippen molar-refractivity contribution in [3.05, 3.63) is 24.3 Å². The summed E-state index contributed by atoms with van der Waals surface area (Å²) >= 11 is 0. The predicted octanol–water partition coefficient (Wildman–Crippen LogP) is 2.24. The van der Waals surface area contributed by atoms with Crippen LogP contribution in [-0.4, -0.2) is 42.4 Å². The van der Waals surface area contributed by atoms with Crippen LogP contribution in [0.2, 0.25) is 0 Å². The van der Waals surface area contributed by atoms with Gasteiger partial charge in [0.1, 0.15) is 6.54 Å². The van der Waals surface area contributed by atoms with Crippen molar-refractivity contribution in [1.82, 2.24) is 4.90 Å². The van der Waals surface area contributed by atoms with E-state index >= 15 is 0 Å². The fourth-order valence-corrected chi connectivity index (χ4v) is 3.29. The number of carbonyl (C=O) groups excluding carboxylic acids is 2. The molecular weight excluding hydrogens is 278 g/mol. The molecule has 22 heavy (non-hydrogen) atoms. The first kappa shape index (κ1) is 15.0. The highest BCUT2D eigenvalue weighted by atomic mass is 16.2. The summed E-state index contributed by atoms with van der Waals surface area (Å²) < 4.78 is 0. The van der Waals surface area contributed by atoms with Crippen LogP contribution in [0.4, 0.5) is 11.4 Å². The van der Waals surface area contributed by atoms with E-state index in [9.17, 15) is 9.59 Å². The summed E-state index contributed by atoms with van der Waals surface area (Å²) in [6, 6.07) is 7.31. The number of likely N-dealkylation sites (tertiary alicyclic amines) is 1. The SMILES string of the molecule is C[C@H](C(=O)N1CC(=O)Nc2ccccc21)N1CCCCCC1. The molecule has 0 unspecified atom stereocenters. The standard InChI is InChI=1S/C17H23N3O2/c1-13(19-10-6-2-3-7-11-19)17(22)20-12-16(21)18-14-8-4-5-9-15(14)20/h4-5,8-9,13H,2-3,6-7,10-12H2,1H3,(H,18,21)/t13-/m1/s1. The number of nitrogens with zero attached hydrogens (tertiary/aromatic N) is 2. The van der Waals surface area contributed by atoms with Gasteiger partial charge in [-0.05, 0) is 45.0 Å². The third-order valence-corrected chi connectivity index (χ3v) is 4.58. The number of hydrogen-bond acceptors (Lipinski definition) is 3. The van der Waals surface area contributed by atoms with E-state index in [1.165, 1.54) is 12.8 Å². The fraction of sp³-hybridized carbons (Fsp3) is 0.529. The van der Waals surface area contributed by atoms with E-state index < -0.39 is 0 Å². The van der Waals surface area contributed by atoms with Gasteiger partial charge >= 0.3 is 0 Å². The van der Waals surface area contributed by atoms with E-state index in [1.807, 2.05) is 31.2 Å². The Bertz CT molecular complexity index is 565. The number of fused-ring (bicyclic) bond motifs is 1. The van der Waals surface area contributed by atoms with Gasteiger partial charge in [0.15, 0.2) is 0 Å². The minimum Gasteiger partial charge on any atom is -0.323 e. The van der Waals surface area contributed by atoms with Crippen LogP contribution >= 0.6 is 0 Å². The van der Waals surface area contributed by atoms with Gasteiger partial charge in [-0.2, -0.15) is 0 Å². The maximum absolute atomic E-state index is 12.9. The summed E-state index contributed by atoms with van der Waals surface area (Å²) in [4.78, 5) is 28.7. The van der Waals surface area contributed by atoms with Gasteiger partial charge in [0.05, 0.1) is 17.4 Å². The van der Waals surface area contributed by atoms with Crippen LogP contribution < -0.4 is 10.2 Å². The van der Waals surface area contributed by atoms with Gasteiger partial charge in [-0.1, -0.05) is 25.0 Å². The molecule has 0 aromatic heterocycles. The largest absolute Gasteiger partial charge is 0.323 e. The first-order chi connectivity index (χ1) is 10.7. The summed E-state index contributed by atoms with van der Waals surface area (Å²) in [7, 11) is 0. The van der Waals surface area contributed by atoms with Crippen LogP contribution in [0.3, 0.4) is 0 Å². The zero-order valence-corrected chi connectivity index (χ0v) is 13.0. The topological polar surface area (TPSA) is 52.7 Å². The molecule has 2 aliphatic rings. The van der Waals surface area contributed by atoms with E-state index in [2.05, 4.69) is 10.2 Å². The average Bonchev–Trinajstić information content (AvgIpc) is 2.82. The summed E-state index contributed by atoms with van der Waals surface area (Å²) in [5.41, 5.74) is 1.52. The number of anilines is 2. The summed E-state index contributed by atoms with van der Waals surface area (Å²) in [6.45, 7) is 4.00. The Labute approximate surface area is 131 Å². The number of benzene rings is 1. The second kappa shape index (κ2) is 6.48. The molecule has 0 bridgehead atoms. The lowest BCUT2D eigenvalue weighted by Gasteiger charge is -2.34. The van der Waals surface area contributed by atoms with E-state index in [0.29, 0.717) is 0 Å². The van der Waals surface area contributed by atoms with Gasteiger partial charge in [-0.3, -0.25) is 19.4 Å². The Morgan fingerprint density at radius 2 is 1.82 bits per heavy atom. The summed E-state index contributed by atoms with van der Waals surface area (Å²) in [6.07, 6.45) is 4.78. The Hall–Kier alpha value is -1.88. The van der Waals surface area contributed by atoms with Crippen molar-refractivity contribution in [2.45, 2.75) is 38.6 Å². The molecule has 0 saturated carbocycles. The van der Waals surface area contributed by atoms with Crippen LogP contribution in [0.1, 0.15) is 32.6 Å². The van der Waals surface area contributed by atoms with Gasteiger partial charge < -0.3 is 5.32 Å². The van der Waals surface area contributed by atoms with E-state index in [4.69, 9.17) is 0 Å². The molecule has 5 heteroatoms. The van der Waals surface area contributed by atoms with Crippen molar-refractivity contribution < 1.29 is 9.59 Å². The van der Waals surface area contributed by atoms with Gasteiger partial charge in [-0.15, -0.1) is 0 Å². The number of para-hydroxylation sites is 2. The van der Waals surface area contributed by atoms with Gasteiger partial charge in [0, 0.05) is 0 Å². The lowest BCUT2D eigenvalue weighted by Crippen LogP contribution is -2.51. The summed E-state index contributed by atoms with van der Waals surface area (Å²) in [5.74, 6) is -0.112. The van der Waals surface area contributed by atoms with Gasteiger partial charge in [0.25, 0.3) is 0 Å². The van der Waals surface area contributed by atoms with E-state index in [1.54, 1.807) is 4.90 Å².